The van der Waals surface area contributed by atoms with E-state index in [-0.39, 0.29) is 17.0 Å². The molecule has 0 fully saturated rings. The topological polar surface area (TPSA) is 144 Å². The van der Waals surface area contributed by atoms with Crippen molar-refractivity contribution in [2.24, 2.45) is 5.10 Å². The lowest BCUT2D eigenvalue weighted by Gasteiger charge is -2.05. The molecule has 31 heavy (non-hydrogen) atoms. The maximum Gasteiger partial charge on any atom is 0.335 e. The number of carbonyl (C=O) groups excluding carboxylic acids is 1. The Labute approximate surface area is 175 Å². The highest BCUT2D eigenvalue weighted by atomic mass is 16.6. The molecule has 0 aliphatic carbocycles. The minimum atomic E-state index is -1.01. The molecule has 1 aromatic heterocycles. The van der Waals surface area contributed by atoms with Gasteiger partial charge in [0.1, 0.15) is 11.5 Å². The van der Waals surface area contributed by atoms with Crippen molar-refractivity contribution in [2.45, 2.75) is 6.92 Å². The number of aromatic carboxylic acids is 1. The fourth-order valence-corrected chi connectivity index (χ4v) is 2.71. The molecular formula is C21H17N3O7. The van der Waals surface area contributed by atoms with Crippen LogP contribution in [0.15, 0.2) is 64.1 Å². The second-order valence-electron chi connectivity index (χ2n) is 6.34. The zero-order valence-electron chi connectivity index (χ0n) is 16.3. The lowest BCUT2D eigenvalue weighted by atomic mass is 10.0. The van der Waals surface area contributed by atoms with Crippen LogP contribution in [0.25, 0.3) is 11.3 Å². The van der Waals surface area contributed by atoms with Crippen LogP contribution < -0.4 is 10.2 Å². The monoisotopic (exact) mass is 423 g/mol. The van der Waals surface area contributed by atoms with E-state index in [4.69, 9.17) is 14.3 Å². The molecule has 1 amide bonds. The summed E-state index contributed by atoms with van der Waals surface area (Å²) in [5, 5.41) is 23.7. The maximum absolute atomic E-state index is 11.8. The van der Waals surface area contributed by atoms with Crippen molar-refractivity contribution >= 4 is 23.8 Å². The standard InChI is InChI=1S/C21H17N3O7/c1-13-10-14(21(26)27)6-8-16(13)18-9-7-15(31-18)11-22-23-20(25)12-30-19-5-3-2-4-17(19)24(28)29/h2-11H,12H2,1H3,(H,23,25)(H,26,27)/b22-11+. The molecule has 1 heterocycles. The quantitative estimate of drug-likeness (QED) is 0.321. The number of nitro benzene ring substituents is 1. The first-order valence-corrected chi connectivity index (χ1v) is 8.97. The molecule has 10 nitrogen and oxygen atoms in total. The van der Waals surface area contributed by atoms with E-state index in [1.54, 1.807) is 37.3 Å². The number of hydrazone groups is 1. The third-order valence-corrected chi connectivity index (χ3v) is 4.17. The Kier molecular flexibility index (Phi) is 6.41. The number of hydrogen-bond acceptors (Lipinski definition) is 7. The van der Waals surface area contributed by atoms with Crippen LogP contribution in [-0.4, -0.2) is 34.7 Å². The molecular weight excluding hydrogens is 406 g/mol. The van der Waals surface area contributed by atoms with Gasteiger partial charge in [-0.2, -0.15) is 5.10 Å². The van der Waals surface area contributed by atoms with Gasteiger partial charge < -0.3 is 14.3 Å². The van der Waals surface area contributed by atoms with Gasteiger partial charge in [-0.1, -0.05) is 18.2 Å². The van der Waals surface area contributed by atoms with Gasteiger partial charge in [0.05, 0.1) is 16.7 Å². The van der Waals surface area contributed by atoms with Gasteiger partial charge in [-0.3, -0.25) is 14.9 Å². The van der Waals surface area contributed by atoms with E-state index in [2.05, 4.69) is 10.5 Å². The average Bonchev–Trinajstić information content (AvgIpc) is 3.20. The van der Waals surface area contributed by atoms with Crippen LogP contribution in [0.3, 0.4) is 0 Å². The second kappa shape index (κ2) is 9.35. The molecule has 2 aromatic carbocycles. The number of carboxylic acids is 1. The van der Waals surface area contributed by atoms with E-state index in [0.717, 1.165) is 11.1 Å². The molecule has 3 rings (SSSR count). The molecule has 0 spiro atoms. The average molecular weight is 423 g/mol. The van der Waals surface area contributed by atoms with Gasteiger partial charge in [0.2, 0.25) is 0 Å². The summed E-state index contributed by atoms with van der Waals surface area (Å²) in [4.78, 5) is 33.2. The number of rotatable bonds is 8. The van der Waals surface area contributed by atoms with Gasteiger partial charge in [0.25, 0.3) is 5.91 Å². The predicted molar refractivity (Wildman–Crippen MR) is 110 cm³/mol. The fraction of sp³-hybridized carbons (Fsp3) is 0.0952. The summed E-state index contributed by atoms with van der Waals surface area (Å²) in [6, 6.07) is 13.7. The van der Waals surface area contributed by atoms with Gasteiger partial charge in [-0.25, -0.2) is 10.2 Å². The van der Waals surface area contributed by atoms with Crippen LogP contribution in [0.5, 0.6) is 5.75 Å². The number of nitro groups is 1. The summed E-state index contributed by atoms with van der Waals surface area (Å²) >= 11 is 0. The number of para-hydroxylation sites is 2. The Morgan fingerprint density at radius 1 is 1.23 bits per heavy atom. The number of nitrogens with one attached hydrogen (secondary N) is 1. The van der Waals surface area contributed by atoms with Crippen molar-refractivity contribution in [1.29, 1.82) is 0 Å². The van der Waals surface area contributed by atoms with Crippen molar-refractivity contribution in [3.8, 4) is 17.1 Å². The molecule has 10 heteroatoms. The summed E-state index contributed by atoms with van der Waals surface area (Å²) in [5.41, 5.74) is 3.64. The summed E-state index contributed by atoms with van der Waals surface area (Å²) in [6.07, 6.45) is 1.29. The number of carbonyl (C=O) groups is 2. The van der Waals surface area contributed by atoms with Crippen LogP contribution in [-0.2, 0) is 4.79 Å². The molecule has 0 aliphatic heterocycles. The number of ether oxygens (including phenoxy) is 1. The Morgan fingerprint density at radius 2 is 2.00 bits per heavy atom. The Balaban J connectivity index is 1.58. The Bertz CT molecular complexity index is 1170. The summed E-state index contributed by atoms with van der Waals surface area (Å²) in [5.74, 6) is -0.769. The molecule has 0 saturated heterocycles. The Morgan fingerprint density at radius 3 is 2.71 bits per heavy atom. The lowest BCUT2D eigenvalue weighted by molar-refractivity contribution is -0.385. The van der Waals surface area contributed by atoms with Crippen LogP contribution in [0.2, 0.25) is 0 Å². The van der Waals surface area contributed by atoms with E-state index < -0.39 is 23.4 Å². The highest BCUT2D eigenvalue weighted by Gasteiger charge is 2.15. The van der Waals surface area contributed by atoms with Crippen molar-refractivity contribution in [2.75, 3.05) is 6.61 Å². The van der Waals surface area contributed by atoms with Crippen LogP contribution >= 0.6 is 0 Å². The molecule has 158 valence electrons. The first-order chi connectivity index (χ1) is 14.8. The van der Waals surface area contributed by atoms with E-state index in [1.165, 1.54) is 30.5 Å². The first-order valence-electron chi connectivity index (χ1n) is 8.97. The number of hydrogen-bond donors (Lipinski definition) is 2. The zero-order chi connectivity index (χ0) is 22.4. The van der Waals surface area contributed by atoms with Crippen molar-refractivity contribution in [1.82, 2.24) is 5.43 Å². The third kappa shape index (κ3) is 5.32. The van der Waals surface area contributed by atoms with E-state index in [0.29, 0.717) is 11.5 Å². The largest absolute Gasteiger partial charge is 0.478 e. The molecule has 0 bridgehead atoms. The lowest BCUT2D eigenvalue weighted by Crippen LogP contribution is -2.24. The van der Waals surface area contributed by atoms with E-state index >= 15 is 0 Å². The van der Waals surface area contributed by atoms with Gasteiger partial charge in [0, 0.05) is 11.6 Å². The van der Waals surface area contributed by atoms with E-state index in [9.17, 15) is 19.7 Å². The highest BCUT2D eigenvalue weighted by Crippen LogP contribution is 2.26. The zero-order valence-corrected chi connectivity index (χ0v) is 16.3. The molecule has 3 aromatic rings. The van der Waals surface area contributed by atoms with E-state index in [1.807, 2.05) is 0 Å². The molecule has 0 radical (unpaired) electrons. The minimum absolute atomic E-state index is 0.0217. The highest BCUT2D eigenvalue weighted by molar-refractivity contribution is 5.89. The SMILES string of the molecule is Cc1cc(C(=O)O)ccc1-c1ccc(/C=N/NC(=O)COc2ccccc2[N+](=O)[O-])o1. The molecule has 0 unspecified atom stereocenters. The normalized spacial score (nSPS) is 10.7. The number of nitrogens with zero attached hydrogens (tertiary/aromatic N) is 2. The van der Waals surface area contributed by atoms with Gasteiger partial charge in [-0.05, 0) is 42.8 Å². The van der Waals surface area contributed by atoms with Gasteiger partial charge >= 0.3 is 11.7 Å². The number of aryl methyl sites for hydroxylation is 1. The number of benzene rings is 2. The molecule has 0 saturated carbocycles. The first kappa shape index (κ1) is 21.2. The fourth-order valence-electron chi connectivity index (χ4n) is 2.71. The van der Waals surface area contributed by atoms with Crippen molar-refractivity contribution < 1.29 is 28.8 Å². The second-order valence-corrected chi connectivity index (χ2v) is 6.34. The van der Waals surface area contributed by atoms with Crippen molar-refractivity contribution in [3.05, 3.63) is 81.6 Å². The molecule has 0 aliphatic rings. The Hall–Kier alpha value is -4.47. The maximum atomic E-state index is 11.8. The predicted octanol–water partition coefficient (Wildman–Crippen LogP) is 3.39. The van der Waals surface area contributed by atoms with Gasteiger partial charge in [0.15, 0.2) is 12.4 Å². The molecule has 2 N–H and O–H groups in total. The van der Waals surface area contributed by atoms with Crippen LogP contribution in [0.4, 0.5) is 5.69 Å². The summed E-state index contributed by atoms with van der Waals surface area (Å²) in [7, 11) is 0. The number of furan rings is 1. The minimum Gasteiger partial charge on any atom is -0.478 e. The smallest absolute Gasteiger partial charge is 0.335 e. The molecule has 0 atom stereocenters. The third-order valence-electron chi connectivity index (χ3n) is 4.17. The van der Waals surface area contributed by atoms with Crippen LogP contribution in [0.1, 0.15) is 21.7 Å². The summed E-state index contributed by atoms with van der Waals surface area (Å²) < 4.78 is 10.8. The number of carboxylic acid groups (broad SMARTS) is 1. The summed E-state index contributed by atoms with van der Waals surface area (Å²) in [6.45, 7) is 1.32. The number of amides is 1. The van der Waals surface area contributed by atoms with Crippen molar-refractivity contribution in [3.63, 3.8) is 0 Å². The van der Waals surface area contributed by atoms with Gasteiger partial charge in [-0.15, -0.1) is 0 Å². The van der Waals surface area contributed by atoms with Crippen LogP contribution in [0, 0.1) is 17.0 Å².